The van der Waals surface area contributed by atoms with Gasteiger partial charge in [-0.25, -0.2) is 0 Å². The average Bonchev–Trinajstić information content (AvgIpc) is 2.98. The fourth-order valence-electron chi connectivity index (χ4n) is 4.48. The summed E-state index contributed by atoms with van der Waals surface area (Å²) in [6.07, 6.45) is 0. The molecule has 0 aliphatic heterocycles. The zero-order chi connectivity index (χ0) is 33.7. The number of phenolic OH excluding ortho intramolecular Hbond substituents is 6. The van der Waals surface area contributed by atoms with Gasteiger partial charge in [0, 0.05) is 51.3 Å². The van der Waals surface area contributed by atoms with E-state index in [9.17, 15) is 40.2 Å². The highest BCUT2D eigenvalue weighted by atomic mass is 16.3. The van der Waals surface area contributed by atoms with Gasteiger partial charge < -0.3 is 41.3 Å². The molecule has 0 unspecified atom stereocenters. The molecule has 2 amide bonds. The van der Waals surface area contributed by atoms with Crippen molar-refractivity contribution in [1.29, 1.82) is 0 Å². The van der Waals surface area contributed by atoms with Crippen LogP contribution in [-0.2, 0) is 0 Å². The number of nitrogens with one attached hydrogen (secondary N) is 2. The highest BCUT2D eigenvalue weighted by Gasteiger charge is 2.19. The first kappa shape index (κ1) is 34.4. The summed E-state index contributed by atoms with van der Waals surface area (Å²) in [6.45, 7) is 5.55. The smallest absolute Gasteiger partial charge is 0.256 e. The van der Waals surface area contributed by atoms with E-state index in [2.05, 4.69) is 10.6 Å². The van der Waals surface area contributed by atoms with Gasteiger partial charge in [0.15, 0.2) is 23.0 Å². The van der Waals surface area contributed by atoms with E-state index in [1.807, 2.05) is 0 Å². The van der Waals surface area contributed by atoms with Gasteiger partial charge in [-0.05, 0) is 92.9 Å². The first-order valence-electron chi connectivity index (χ1n) is 13.5. The number of aromatic hydroxyl groups is 6. The molecule has 15 heteroatoms. The molecule has 0 aliphatic rings. The van der Waals surface area contributed by atoms with E-state index < -0.39 is 18.3 Å². The van der Waals surface area contributed by atoms with Crippen molar-refractivity contribution in [3.63, 3.8) is 0 Å². The summed E-state index contributed by atoms with van der Waals surface area (Å²) in [6, 6.07) is 11.3. The Morgan fingerprint density at radius 1 is 0.689 bits per heavy atom. The Balaban J connectivity index is 0.000000246. The Morgan fingerprint density at radius 3 is 1.91 bits per heavy atom. The summed E-state index contributed by atoms with van der Waals surface area (Å²) in [5.74, 6) is -2.13. The molecule has 4 rings (SSSR count). The standard InChI is InChI=1S/C15H14B3NO4.C15H14B2NO4/c1-7-9(3-5-12(21)14(7)22)15(23)19-10-4-6-11(20)8(2)13(10)18(16)17;1-7-3-9(5-12(19)14(7)21)15(22)18-10-4-8(2)13(20)11(6-10)17-16/h3-6,20-22H,1-2H3,(H,19,23);3-6,19-21H,1-2H3,(H,18,22). The molecule has 0 atom stereocenters. The summed E-state index contributed by atoms with van der Waals surface area (Å²) in [7, 11) is 18.1. The van der Waals surface area contributed by atoms with Gasteiger partial charge in [-0.2, -0.15) is 0 Å². The fourth-order valence-corrected chi connectivity index (χ4v) is 4.48. The molecule has 8 N–H and O–H groups in total. The minimum atomic E-state index is -0.883. The molecule has 0 heterocycles. The lowest BCUT2D eigenvalue weighted by molar-refractivity contribution is 0.101. The maximum absolute atomic E-state index is 12.4. The Morgan fingerprint density at radius 2 is 1.31 bits per heavy atom. The highest BCUT2D eigenvalue weighted by Crippen LogP contribution is 2.32. The maximum Gasteiger partial charge on any atom is 0.256 e. The summed E-state index contributed by atoms with van der Waals surface area (Å²) >= 11 is 0. The molecule has 4 aromatic carbocycles. The summed E-state index contributed by atoms with van der Waals surface area (Å²) in [5.41, 5.74) is 3.73. The van der Waals surface area contributed by atoms with Crippen LogP contribution >= 0.6 is 0 Å². The predicted molar refractivity (Wildman–Crippen MR) is 179 cm³/mol. The van der Waals surface area contributed by atoms with E-state index in [0.717, 1.165) is 0 Å². The molecule has 0 spiro atoms. The van der Waals surface area contributed by atoms with Gasteiger partial charge in [0.1, 0.15) is 18.7 Å². The lowest BCUT2D eigenvalue weighted by atomic mass is 9.16. The molecule has 10 nitrogen and oxygen atoms in total. The number of aryl methyl sites for hydroxylation is 2. The molecule has 7 radical (unpaired) electrons. The molecule has 0 saturated carbocycles. The van der Waals surface area contributed by atoms with Gasteiger partial charge in [-0.15, -0.1) is 0 Å². The molecule has 0 bridgehead atoms. The van der Waals surface area contributed by atoms with E-state index in [4.69, 9.17) is 23.2 Å². The monoisotopic (exact) mass is 599 g/mol. The van der Waals surface area contributed by atoms with Crippen LogP contribution in [-0.4, -0.2) is 79.3 Å². The van der Waals surface area contributed by atoms with Crippen molar-refractivity contribution in [3.8, 4) is 34.5 Å². The molecular weight excluding hydrogens is 570 g/mol. The number of carbonyl (C=O) groups excluding carboxylic acids is 2. The molecule has 0 fully saturated rings. The summed E-state index contributed by atoms with van der Waals surface area (Å²) in [4.78, 5) is 24.6. The predicted octanol–water partition coefficient (Wildman–Crippen LogP) is 1.79. The Hall–Kier alpha value is -5.06. The minimum Gasteiger partial charge on any atom is -0.508 e. The van der Waals surface area contributed by atoms with Crippen LogP contribution in [0, 0.1) is 27.7 Å². The largest absolute Gasteiger partial charge is 0.508 e. The van der Waals surface area contributed by atoms with E-state index in [1.54, 1.807) is 26.8 Å². The third kappa shape index (κ3) is 7.73. The van der Waals surface area contributed by atoms with Crippen LogP contribution in [0.3, 0.4) is 0 Å². The van der Waals surface area contributed by atoms with E-state index in [1.165, 1.54) is 56.6 Å². The third-order valence-electron chi connectivity index (χ3n) is 7.03. The highest BCUT2D eigenvalue weighted by molar-refractivity contribution is 7.35. The zero-order valence-electron chi connectivity index (χ0n) is 25.0. The number of amides is 2. The Kier molecular flexibility index (Phi) is 10.8. The van der Waals surface area contributed by atoms with Crippen LogP contribution in [0.15, 0.2) is 48.5 Å². The van der Waals surface area contributed by atoms with Gasteiger partial charge in [0.25, 0.3) is 11.8 Å². The molecule has 4 aromatic rings. The second-order valence-electron chi connectivity index (χ2n) is 10.3. The number of hydrogen-bond donors (Lipinski definition) is 8. The number of rotatable bonds is 6. The molecule has 45 heavy (non-hydrogen) atoms. The van der Waals surface area contributed by atoms with Gasteiger partial charge in [-0.3, -0.25) is 9.59 Å². The number of benzene rings is 4. The van der Waals surface area contributed by atoms with Gasteiger partial charge in [0.05, 0.1) is 6.49 Å². The topological polar surface area (TPSA) is 180 Å². The van der Waals surface area contributed by atoms with Crippen LogP contribution in [0.25, 0.3) is 0 Å². The van der Waals surface area contributed by atoms with Crippen LogP contribution in [0.4, 0.5) is 11.4 Å². The average molecular weight is 599 g/mol. The van der Waals surface area contributed by atoms with E-state index in [0.29, 0.717) is 39.0 Å². The maximum atomic E-state index is 12.4. The lowest BCUT2D eigenvalue weighted by Crippen LogP contribution is -2.37. The molecule has 0 aromatic heterocycles. The number of carbonyl (C=O) groups is 2. The van der Waals surface area contributed by atoms with Gasteiger partial charge in [0.2, 0.25) is 0 Å². The molecule has 0 saturated heterocycles. The lowest BCUT2D eigenvalue weighted by Gasteiger charge is -2.18. The quantitative estimate of drug-likeness (QED) is 0.0940. The van der Waals surface area contributed by atoms with Crippen LogP contribution < -0.4 is 21.6 Å². The second kappa shape index (κ2) is 14.2. The number of anilines is 2. The van der Waals surface area contributed by atoms with Crippen molar-refractivity contribution in [2.24, 2.45) is 0 Å². The van der Waals surface area contributed by atoms with E-state index in [-0.39, 0.29) is 51.2 Å². The minimum absolute atomic E-state index is 0.0253. The van der Waals surface area contributed by atoms with Crippen molar-refractivity contribution in [2.45, 2.75) is 27.7 Å². The van der Waals surface area contributed by atoms with Gasteiger partial charge >= 0.3 is 0 Å². The summed E-state index contributed by atoms with van der Waals surface area (Å²) < 4.78 is 0. The number of hydrogen-bond acceptors (Lipinski definition) is 8. The van der Waals surface area contributed by atoms with Crippen LogP contribution in [0.1, 0.15) is 43.0 Å². The Bertz CT molecular complexity index is 1760. The fraction of sp³-hybridized carbons (Fsp3) is 0.133. The van der Waals surface area contributed by atoms with Crippen molar-refractivity contribution in [1.82, 2.24) is 0 Å². The van der Waals surface area contributed by atoms with Gasteiger partial charge in [-0.1, -0.05) is 10.9 Å². The summed E-state index contributed by atoms with van der Waals surface area (Å²) in [5, 5.41) is 63.1. The van der Waals surface area contributed by atoms with Crippen molar-refractivity contribution < 1.29 is 40.2 Å². The zero-order valence-corrected chi connectivity index (χ0v) is 25.0. The SMILES string of the molecule is [B]B([B])c1c(NC(=O)c2ccc(O)c(O)c2C)ccc(O)c1C.[B][B]c1cc(NC(=O)c2cc(C)c(O)c(O)c2)cc(C)c1O. The number of phenols is 6. The van der Waals surface area contributed by atoms with Crippen molar-refractivity contribution >= 4 is 71.0 Å². The first-order valence-corrected chi connectivity index (χ1v) is 13.5. The molecule has 221 valence electrons. The first-order chi connectivity index (χ1) is 21.1. The Labute approximate surface area is 265 Å². The second-order valence-corrected chi connectivity index (χ2v) is 10.3. The third-order valence-corrected chi connectivity index (χ3v) is 7.03. The van der Waals surface area contributed by atoms with Crippen molar-refractivity contribution in [3.05, 3.63) is 81.9 Å². The van der Waals surface area contributed by atoms with Crippen LogP contribution in [0.5, 0.6) is 34.5 Å². The van der Waals surface area contributed by atoms with Crippen LogP contribution in [0.2, 0.25) is 0 Å². The molecular formula is C30H28B5N2O8. The van der Waals surface area contributed by atoms with E-state index >= 15 is 0 Å². The van der Waals surface area contributed by atoms with Crippen molar-refractivity contribution in [2.75, 3.05) is 10.6 Å². The normalized spacial score (nSPS) is 10.3. The molecule has 0 aliphatic carbocycles.